The molecule has 0 spiro atoms. The highest BCUT2D eigenvalue weighted by atomic mass is 16.4. The molecule has 0 bridgehead atoms. The third-order valence-electron chi connectivity index (χ3n) is 8.75. The fraction of sp³-hybridized carbons (Fsp3) is 0.424. The molecular weight excluding hydrogens is 608 g/mol. The third kappa shape index (κ3) is 8.31. The van der Waals surface area contributed by atoms with Crippen molar-refractivity contribution in [1.82, 2.24) is 20.9 Å². The first-order valence-electron chi connectivity index (χ1n) is 15.5. The first kappa shape index (κ1) is 34.6. The molecule has 14 nitrogen and oxygen atoms in total. The third-order valence-corrected chi connectivity index (χ3v) is 8.75. The van der Waals surface area contributed by atoms with Gasteiger partial charge in [-0.3, -0.25) is 33.6 Å². The van der Waals surface area contributed by atoms with Gasteiger partial charge in [-0.15, -0.1) is 0 Å². The average molecular weight is 649 g/mol. The quantitative estimate of drug-likeness (QED) is 0.147. The highest BCUT2D eigenvalue weighted by Crippen LogP contribution is 2.52. The molecule has 1 saturated carbocycles. The van der Waals surface area contributed by atoms with Gasteiger partial charge < -0.3 is 37.4 Å². The minimum atomic E-state index is -1.51. The maximum absolute atomic E-state index is 14.0. The molecule has 1 heterocycles. The number of hydrogen-bond donors (Lipinski definition) is 6. The van der Waals surface area contributed by atoms with E-state index in [0.29, 0.717) is 12.8 Å². The van der Waals surface area contributed by atoms with Crippen LogP contribution in [0.15, 0.2) is 55.1 Å². The number of rotatable bonds is 15. The number of carboxylic acids is 1. The fourth-order valence-corrected chi connectivity index (χ4v) is 6.12. The van der Waals surface area contributed by atoms with Crippen molar-refractivity contribution in [3.63, 3.8) is 0 Å². The summed E-state index contributed by atoms with van der Waals surface area (Å²) in [6.45, 7) is 3.56. The second kappa shape index (κ2) is 14.9. The highest BCUT2D eigenvalue weighted by molar-refractivity contribution is 6.01. The zero-order valence-electron chi connectivity index (χ0n) is 25.9. The minimum absolute atomic E-state index is 0.125. The molecule has 250 valence electrons. The second-order valence-corrected chi connectivity index (χ2v) is 12.0. The Morgan fingerprint density at radius 3 is 2.32 bits per heavy atom. The number of nitrogens with one attached hydrogen (secondary N) is 3. The molecule has 6 amide bonds. The Morgan fingerprint density at radius 2 is 1.66 bits per heavy atom. The minimum Gasteiger partial charge on any atom is -0.481 e. The lowest BCUT2D eigenvalue weighted by Gasteiger charge is -2.37. The highest BCUT2D eigenvalue weighted by Gasteiger charge is 2.62. The van der Waals surface area contributed by atoms with Crippen LogP contribution >= 0.6 is 0 Å². The Bertz CT molecular complexity index is 1590. The zero-order valence-corrected chi connectivity index (χ0v) is 25.9. The lowest BCUT2D eigenvalue weighted by molar-refractivity contribution is -0.146. The van der Waals surface area contributed by atoms with E-state index < -0.39 is 77.4 Å². The molecule has 47 heavy (non-hydrogen) atoms. The molecule has 2 aliphatic rings. The van der Waals surface area contributed by atoms with Gasteiger partial charge in [0.05, 0.1) is 0 Å². The number of likely N-dealkylation sites (tertiary alicyclic amines) is 1. The summed E-state index contributed by atoms with van der Waals surface area (Å²) in [6, 6.07) is 9.88. The Hall–Kier alpha value is -5.27. The number of nitrogens with two attached hydrogens (primary N) is 2. The normalized spacial score (nSPS) is 21.5. The maximum Gasteiger partial charge on any atom is 0.303 e. The summed E-state index contributed by atoms with van der Waals surface area (Å²) in [5, 5.41) is 19.0. The van der Waals surface area contributed by atoms with Crippen LogP contribution in [-0.4, -0.2) is 81.6 Å². The smallest absolute Gasteiger partial charge is 0.303 e. The first-order valence-corrected chi connectivity index (χ1v) is 15.5. The predicted octanol–water partition coefficient (Wildman–Crippen LogP) is 0.334. The van der Waals surface area contributed by atoms with Crippen LogP contribution in [0.25, 0.3) is 10.8 Å². The van der Waals surface area contributed by atoms with Gasteiger partial charge in [0.2, 0.25) is 35.4 Å². The number of aliphatic carboxylic acids is 1. The van der Waals surface area contributed by atoms with Crippen LogP contribution in [0.3, 0.4) is 0 Å². The Morgan fingerprint density at radius 1 is 0.957 bits per heavy atom. The molecule has 2 aromatic carbocycles. The van der Waals surface area contributed by atoms with Gasteiger partial charge in [-0.05, 0) is 60.9 Å². The van der Waals surface area contributed by atoms with Crippen molar-refractivity contribution in [2.75, 3.05) is 6.54 Å². The van der Waals surface area contributed by atoms with Crippen LogP contribution < -0.4 is 27.4 Å². The van der Waals surface area contributed by atoms with Gasteiger partial charge >= 0.3 is 5.97 Å². The van der Waals surface area contributed by atoms with E-state index >= 15 is 0 Å². The molecule has 1 saturated heterocycles. The molecule has 8 N–H and O–H groups in total. The average Bonchev–Trinajstić information content (AvgIpc) is 3.78. The largest absolute Gasteiger partial charge is 0.481 e. The Labute approximate surface area is 271 Å². The van der Waals surface area contributed by atoms with Gasteiger partial charge in [-0.2, -0.15) is 0 Å². The van der Waals surface area contributed by atoms with Crippen molar-refractivity contribution in [2.45, 2.75) is 80.9 Å². The van der Waals surface area contributed by atoms with Gasteiger partial charge in [-0.25, -0.2) is 0 Å². The summed E-state index contributed by atoms with van der Waals surface area (Å²) in [4.78, 5) is 89.9. The monoisotopic (exact) mass is 648 g/mol. The summed E-state index contributed by atoms with van der Waals surface area (Å²) >= 11 is 0. The summed E-state index contributed by atoms with van der Waals surface area (Å²) in [7, 11) is 0. The van der Waals surface area contributed by atoms with Crippen molar-refractivity contribution in [3.8, 4) is 0 Å². The topological polar surface area (TPSA) is 231 Å². The van der Waals surface area contributed by atoms with E-state index in [1.807, 2.05) is 42.5 Å². The van der Waals surface area contributed by atoms with E-state index in [9.17, 15) is 38.7 Å². The molecule has 1 unspecified atom stereocenters. The van der Waals surface area contributed by atoms with Crippen molar-refractivity contribution < 1.29 is 38.7 Å². The molecule has 4 rings (SSSR count). The van der Waals surface area contributed by atoms with Crippen LogP contribution in [0.1, 0.15) is 62.8 Å². The van der Waals surface area contributed by atoms with Gasteiger partial charge in [-0.1, -0.05) is 49.0 Å². The molecule has 0 aromatic heterocycles. The summed E-state index contributed by atoms with van der Waals surface area (Å²) < 4.78 is 0. The van der Waals surface area contributed by atoms with Gasteiger partial charge in [0.1, 0.15) is 23.7 Å². The number of carbonyl (C=O) groups is 7. The standard InChI is InChI=1S/C33H40N6O8/c1-2-27(41)36-24(13-15-28(42)43)31(46)39-16-6-5-9-25(39)30(45)38-33(32(47)37-23(29(35)44)12-14-26(34)40)18-22(33)21-11-10-19-7-3-4-8-20(19)17-21/h2-4,7-8,10-11,17,22-25H,1,5-6,9,12-16,18H2,(H2,34,40)(H2,35,44)(H,36,41)(H,37,47)(H,38,45)(H,42,43)/t22-,23-,24-,25-,33?/m0/s1. The molecule has 5 atom stereocenters. The molecule has 14 heteroatoms. The molecule has 1 aliphatic heterocycles. The SMILES string of the molecule is C=CC(=O)N[C@@H](CCC(=O)O)C(=O)N1CCCC[C@H]1C(=O)NC1(C(=O)N[C@@H](CCC(N)=O)C(N)=O)C[C@H]1c1ccc2ccccc2c1. The van der Waals surface area contributed by atoms with E-state index in [-0.39, 0.29) is 38.6 Å². The maximum atomic E-state index is 14.0. The molecule has 1 aliphatic carbocycles. The van der Waals surface area contributed by atoms with Gasteiger partial charge in [0.25, 0.3) is 0 Å². The number of primary amides is 2. The Balaban J connectivity index is 1.62. The fourth-order valence-electron chi connectivity index (χ4n) is 6.12. The van der Waals surface area contributed by atoms with Gasteiger partial charge in [0.15, 0.2) is 0 Å². The summed E-state index contributed by atoms with van der Waals surface area (Å²) in [5.41, 5.74) is 10.0. The first-order chi connectivity index (χ1) is 22.4. The number of piperidine rings is 1. The number of amides is 6. The van der Waals surface area contributed by atoms with Crippen LogP contribution in [0.5, 0.6) is 0 Å². The lowest BCUT2D eigenvalue weighted by Crippen LogP contribution is -2.61. The van der Waals surface area contributed by atoms with E-state index in [1.54, 1.807) is 0 Å². The number of benzene rings is 2. The zero-order chi connectivity index (χ0) is 34.3. The van der Waals surface area contributed by atoms with Crippen LogP contribution in [-0.2, 0) is 33.6 Å². The number of carbonyl (C=O) groups excluding carboxylic acids is 6. The predicted molar refractivity (Wildman–Crippen MR) is 170 cm³/mol. The second-order valence-electron chi connectivity index (χ2n) is 12.0. The van der Waals surface area contributed by atoms with E-state index in [0.717, 1.165) is 22.4 Å². The molecule has 2 aromatic rings. The van der Waals surface area contributed by atoms with Crippen molar-refractivity contribution in [2.24, 2.45) is 11.5 Å². The lowest BCUT2D eigenvalue weighted by atomic mass is 9.97. The molecule has 0 radical (unpaired) electrons. The number of carboxylic acid groups (broad SMARTS) is 1. The number of nitrogens with zero attached hydrogens (tertiary/aromatic N) is 1. The number of fused-ring (bicyclic) bond motifs is 1. The van der Waals surface area contributed by atoms with Crippen molar-refractivity contribution in [3.05, 3.63) is 60.7 Å². The van der Waals surface area contributed by atoms with Crippen LogP contribution in [0, 0.1) is 0 Å². The summed E-state index contributed by atoms with van der Waals surface area (Å²) in [5.74, 6) is -5.79. The van der Waals surface area contributed by atoms with E-state index in [1.165, 1.54) is 4.90 Å². The van der Waals surface area contributed by atoms with Crippen LogP contribution in [0.2, 0.25) is 0 Å². The summed E-state index contributed by atoms with van der Waals surface area (Å²) in [6.07, 6.45) is 1.66. The van der Waals surface area contributed by atoms with Crippen LogP contribution in [0.4, 0.5) is 0 Å². The molecular formula is C33H40N6O8. The van der Waals surface area contributed by atoms with E-state index in [2.05, 4.69) is 22.5 Å². The molecule has 2 fully saturated rings. The van der Waals surface area contributed by atoms with E-state index in [4.69, 9.17) is 11.5 Å². The van der Waals surface area contributed by atoms with Gasteiger partial charge in [0, 0.05) is 25.3 Å². The number of hydrogen-bond acceptors (Lipinski definition) is 7. The Kier molecular flexibility index (Phi) is 11.0. The van der Waals surface area contributed by atoms with Crippen molar-refractivity contribution >= 4 is 52.2 Å². The van der Waals surface area contributed by atoms with Crippen molar-refractivity contribution in [1.29, 1.82) is 0 Å².